The third-order valence-corrected chi connectivity index (χ3v) is 4.88. The summed E-state index contributed by atoms with van der Waals surface area (Å²) in [6, 6.07) is 8.86. The molecular weight excluding hydrogens is 426 g/mol. The van der Waals surface area contributed by atoms with Gasteiger partial charge in [0.05, 0.1) is 11.3 Å². The summed E-state index contributed by atoms with van der Waals surface area (Å²) >= 11 is 4.82. The molecule has 2 N–H and O–H groups in total. The second-order valence-corrected chi connectivity index (χ2v) is 7.24. The zero-order valence-electron chi connectivity index (χ0n) is 13.9. The van der Waals surface area contributed by atoms with Gasteiger partial charge in [-0.1, -0.05) is 12.1 Å². The zero-order chi connectivity index (χ0) is 19.1. The Morgan fingerprint density at radius 2 is 1.92 bits per heavy atom. The highest BCUT2D eigenvalue weighted by Crippen LogP contribution is 2.18. The van der Waals surface area contributed by atoms with Gasteiger partial charge in [0.25, 0.3) is 5.91 Å². The topological polar surface area (TPSA) is 58.2 Å². The van der Waals surface area contributed by atoms with Crippen LogP contribution in [-0.4, -0.2) is 29.9 Å². The fraction of sp³-hybridized carbons (Fsp3) is 0.222. The van der Waals surface area contributed by atoms with Gasteiger partial charge in [-0.15, -0.1) is 0 Å². The predicted molar refractivity (Wildman–Crippen MR) is 103 cm³/mol. The summed E-state index contributed by atoms with van der Waals surface area (Å²) in [5, 5.41) is 5.07. The molecule has 0 fully saturated rings. The average Bonchev–Trinajstić information content (AvgIpc) is 2.61. The Hall–Kier alpha value is -1.93. The van der Waals surface area contributed by atoms with Crippen LogP contribution in [0.25, 0.3) is 0 Å². The van der Waals surface area contributed by atoms with E-state index in [9.17, 15) is 18.4 Å². The van der Waals surface area contributed by atoms with E-state index in [1.54, 1.807) is 24.3 Å². The van der Waals surface area contributed by atoms with E-state index in [1.165, 1.54) is 11.8 Å². The lowest BCUT2D eigenvalue weighted by atomic mass is 10.1. The largest absolute Gasteiger partial charge is 0.340 e. The van der Waals surface area contributed by atoms with Crippen LogP contribution in [0.1, 0.15) is 16.8 Å². The maximum absolute atomic E-state index is 13.8. The van der Waals surface area contributed by atoms with E-state index in [0.29, 0.717) is 28.3 Å². The van der Waals surface area contributed by atoms with Crippen molar-refractivity contribution in [3.63, 3.8) is 0 Å². The number of halogens is 3. The number of hydrogen-bond acceptors (Lipinski definition) is 3. The van der Waals surface area contributed by atoms with Gasteiger partial charge in [-0.2, -0.15) is 11.8 Å². The molecule has 0 bridgehead atoms. The smallest absolute Gasteiger partial charge is 0.253 e. The van der Waals surface area contributed by atoms with E-state index < -0.39 is 29.5 Å². The first kappa shape index (κ1) is 20.4. The Bertz CT molecular complexity index is 805. The maximum Gasteiger partial charge on any atom is 0.253 e. The summed E-state index contributed by atoms with van der Waals surface area (Å²) in [5.41, 5.74) is 0.253. The lowest BCUT2D eigenvalue weighted by Crippen LogP contribution is -2.44. The van der Waals surface area contributed by atoms with Crippen LogP contribution >= 0.6 is 27.7 Å². The third kappa shape index (κ3) is 5.54. The second kappa shape index (κ2) is 9.68. The molecule has 2 aromatic carbocycles. The average molecular weight is 443 g/mol. The lowest BCUT2D eigenvalue weighted by molar-refractivity contribution is -0.118. The summed E-state index contributed by atoms with van der Waals surface area (Å²) < 4.78 is 27.3. The van der Waals surface area contributed by atoms with Gasteiger partial charge >= 0.3 is 0 Å². The molecule has 0 aliphatic rings. The minimum atomic E-state index is -0.876. The molecule has 2 aromatic rings. The highest BCUT2D eigenvalue weighted by Gasteiger charge is 2.23. The summed E-state index contributed by atoms with van der Waals surface area (Å²) in [6.45, 7) is 0. The quantitative estimate of drug-likeness (QED) is 0.674. The highest BCUT2D eigenvalue weighted by molar-refractivity contribution is 9.10. The Kier molecular flexibility index (Phi) is 7.59. The normalized spacial score (nSPS) is 11.7. The molecule has 0 spiro atoms. The minimum absolute atomic E-state index is 0.138. The van der Waals surface area contributed by atoms with Gasteiger partial charge in [-0.25, -0.2) is 8.78 Å². The molecule has 0 aromatic heterocycles. The van der Waals surface area contributed by atoms with Gasteiger partial charge in [-0.05, 0) is 58.6 Å². The number of hydrogen-bond donors (Lipinski definition) is 2. The summed E-state index contributed by atoms with van der Waals surface area (Å²) in [4.78, 5) is 25.0. The molecule has 2 amide bonds. The van der Waals surface area contributed by atoms with Crippen molar-refractivity contribution in [1.82, 2.24) is 5.32 Å². The van der Waals surface area contributed by atoms with Crippen LogP contribution in [0.5, 0.6) is 0 Å². The molecular formula is C18H17BrF2N2O2S. The fourth-order valence-corrected chi connectivity index (χ4v) is 3.13. The van der Waals surface area contributed by atoms with Crippen molar-refractivity contribution in [1.29, 1.82) is 0 Å². The van der Waals surface area contributed by atoms with Crippen molar-refractivity contribution >= 4 is 45.2 Å². The van der Waals surface area contributed by atoms with Crippen LogP contribution in [0.2, 0.25) is 0 Å². The number of nitrogens with one attached hydrogen (secondary N) is 2. The second-order valence-electron chi connectivity index (χ2n) is 5.40. The first-order valence-corrected chi connectivity index (χ1v) is 9.91. The van der Waals surface area contributed by atoms with Crippen LogP contribution in [0, 0.1) is 11.6 Å². The Balaban J connectivity index is 2.14. The number of rotatable bonds is 7. The van der Waals surface area contributed by atoms with Crippen molar-refractivity contribution in [2.24, 2.45) is 0 Å². The van der Waals surface area contributed by atoms with Crippen LogP contribution in [0.4, 0.5) is 14.5 Å². The Labute approximate surface area is 162 Å². The first-order valence-electron chi connectivity index (χ1n) is 7.72. The van der Waals surface area contributed by atoms with E-state index in [-0.39, 0.29) is 5.69 Å². The molecule has 26 heavy (non-hydrogen) atoms. The van der Waals surface area contributed by atoms with E-state index >= 15 is 0 Å². The predicted octanol–water partition coefficient (Wildman–Crippen LogP) is 4.22. The summed E-state index contributed by atoms with van der Waals surface area (Å²) in [7, 11) is 0. The molecule has 8 heteroatoms. The zero-order valence-corrected chi connectivity index (χ0v) is 16.3. The molecule has 0 heterocycles. The van der Waals surface area contributed by atoms with Crippen LogP contribution in [0.3, 0.4) is 0 Å². The van der Waals surface area contributed by atoms with Crippen LogP contribution in [0.15, 0.2) is 46.9 Å². The molecule has 0 aliphatic carbocycles. The number of carbonyl (C=O) groups is 2. The van der Waals surface area contributed by atoms with Crippen LogP contribution < -0.4 is 10.6 Å². The van der Waals surface area contributed by atoms with E-state index in [1.807, 2.05) is 6.26 Å². The SMILES string of the molecule is CSCCC(NC(=O)c1ccccc1Br)C(=O)Nc1ccc(F)cc1F. The van der Waals surface area contributed by atoms with Crippen molar-refractivity contribution in [3.8, 4) is 0 Å². The number of amides is 2. The van der Waals surface area contributed by atoms with E-state index in [2.05, 4.69) is 26.6 Å². The van der Waals surface area contributed by atoms with Gasteiger partial charge < -0.3 is 10.6 Å². The molecule has 0 saturated heterocycles. The van der Waals surface area contributed by atoms with Gasteiger partial charge in [0, 0.05) is 10.5 Å². The van der Waals surface area contributed by atoms with Crippen molar-refractivity contribution in [3.05, 3.63) is 64.1 Å². The van der Waals surface area contributed by atoms with E-state index in [4.69, 9.17) is 0 Å². The molecule has 1 unspecified atom stereocenters. The standard InChI is InChI=1S/C18H17BrF2N2O2S/c1-26-9-8-16(23-17(24)12-4-2-3-5-13(12)19)18(25)22-15-7-6-11(20)10-14(15)21/h2-7,10,16H,8-9H2,1H3,(H,22,25)(H,23,24). The van der Waals surface area contributed by atoms with Crippen molar-refractivity contribution in [2.75, 3.05) is 17.3 Å². The molecule has 2 rings (SSSR count). The number of benzene rings is 2. The van der Waals surface area contributed by atoms with E-state index in [0.717, 1.165) is 12.1 Å². The Morgan fingerprint density at radius 3 is 2.58 bits per heavy atom. The molecule has 4 nitrogen and oxygen atoms in total. The number of thioether (sulfide) groups is 1. The van der Waals surface area contributed by atoms with Crippen LogP contribution in [-0.2, 0) is 4.79 Å². The summed E-state index contributed by atoms with van der Waals surface area (Å²) in [5.74, 6) is -1.97. The maximum atomic E-state index is 13.8. The summed E-state index contributed by atoms with van der Waals surface area (Å²) in [6.07, 6.45) is 2.25. The highest BCUT2D eigenvalue weighted by atomic mass is 79.9. The van der Waals surface area contributed by atoms with Gasteiger partial charge in [-0.3, -0.25) is 9.59 Å². The molecule has 138 valence electrons. The monoisotopic (exact) mass is 442 g/mol. The molecule has 1 atom stereocenters. The molecule has 0 saturated carbocycles. The molecule has 0 radical (unpaired) electrons. The van der Waals surface area contributed by atoms with Crippen molar-refractivity contribution in [2.45, 2.75) is 12.5 Å². The first-order chi connectivity index (χ1) is 12.4. The van der Waals surface area contributed by atoms with Gasteiger partial charge in [0.15, 0.2) is 0 Å². The lowest BCUT2D eigenvalue weighted by Gasteiger charge is -2.19. The van der Waals surface area contributed by atoms with Gasteiger partial charge in [0.2, 0.25) is 5.91 Å². The minimum Gasteiger partial charge on any atom is -0.340 e. The van der Waals surface area contributed by atoms with Gasteiger partial charge in [0.1, 0.15) is 17.7 Å². The number of carbonyl (C=O) groups excluding carboxylic acids is 2. The number of anilines is 1. The molecule has 0 aliphatic heterocycles. The third-order valence-electron chi connectivity index (χ3n) is 3.54. The Morgan fingerprint density at radius 1 is 1.19 bits per heavy atom. The fourth-order valence-electron chi connectivity index (χ4n) is 2.20. The van der Waals surface area contributed by atoms with Crippen molar-refractivity contribution < 1.29 is 18.4 Å².